The van der Waals surface area contributed by atoms with Crippen LogP contribution in [0.5, 0.6) is 0 Å². The molecule has 0 bridgehead atoms. The van der Waals surface area contributed by atoms with Crippen molar-refractivity contribution in [2.45, 2.75) is 0 Å². The number of nitrogens with zero attached hydrogens (tertiary/aromatic N) is 4. The lowest BCUT2D eigenvalue weighted by molar-refractivity contribution is -0.420. The number of rotatable bonds is 10. The first-order chi connectivity index (χ1) is 24.0. The molecule has 1 aromatic heterocycles. The van der Waals surface area contributed by atoms with Crippen molar-refractivity contribution in [3.63, 3.8) is 0 Å². The Morgan fingerprint density at radius 1 is 0.367 bits per heavy atom. The Kier molecular flexibility index (Phi) is 8.64. The topological polar surface area (TPSA) is 92.8 Å². The molecule has 0 N–H and O–H groups in total. The summed E-state index contributed by atoms with van der Waals surface area (Å²) in [6.45, 7) is 0. The Labute approximate surface area is 286 Å². The van der Waals surface area contributed by atoms with E-state index in [1.807, 2.05) is 146 Å². The predicted molar refractivity (Wildman–Crippen MR) is 198 cm³/mol. The maximum atomic E-state index is 12.5. The zero-order valence-electron chi connectivity index (χ0n) is 26.0. The van der Waals surface area contributed by atoms with Crippen LogP contribution in [0.3, 0.4) is 0 Å². The van der Waals surface area contributed by atoms with Crippen LogP contribution >= 0.6 is 11.3 Å². The number of para-hydroxylation sites is 4. The largest absolute Gasteiger partial charge is 0.365 e. The van der Waals surface area contributed by atoms with E-state index in [2.05, 4.69) is 9.80 Å². The lowest BCUT2D eigenvalue weighted by atomic mass is 10.1. The molecule has 0 unspecified atom stereocenters. The standard InChI is InChI=1S/C40H28N4O4S/c45-43(46)37-38(44(47)48)40(30-23-27-36(28-24-30)42(33-17-9-3-10-18-33)34-19-11-4-12-20-34)49-39(37)29-21-25-35(26-22-29)41(31-13-5-1-6-14-31)32-15-7-2-8-16-32/h1-28H. The predicted octanol–water partition coefficient (Wildman–Crippen LogP) is 11.8. The molecule has 0 aliphatic heterocycles. The fourth-order valence-corrected chi connectivity index (χ4v) is 7.12. The van der Waals surface area contributed by atoms with Crippen molar-refractivity contribution in [1.82, 2.24) is 0 Å². The minimum atomic E-state index is -0.650. The highest BCUT2D eigenvalue weighted by Gasteiger charge is 2.37. The third-order valence-corrected chi connectivity index (χ3v) is 9.32. The second kappa shape index (κ2) is 13.6. The van der Waals surface area contributed by atoms with Crippen LogP contribution in [0.15, 0.2) is 170 Å². The number of hydrogen-bond acceptors (Lipinski definition) is 7. The lowest BCUT2D eigenvalue weighted by Crippen LogP contribution is -2.09. The number of hydrogen-bond donors (Lipinski definition) is 0. The van der Waals surface area contributed by atoms with Crippen molar-refractivity contribution in [1.29, 1.82) is 0 Å². The van der Waals surface area contributed by atoms with Crippen molar-refractivity contribution in [3.05, 3.63) is 190 Å². The van der Waals surface area contributed by atoms with Gasteiger partial charge in [-0.25, -0.2) is 0 Å². The minimum Gasteiger partial charge on any atom is -0.311 e. The average Bonchev–Trinajstić information content (AvgIpc) is 3.56. The van der Waals surface area contributed by atoms with E-state index in [9.17, 15) is 20.2 Å². The molecule has 0 aliphatic carbocycles. The molecular weight excluding hydrogens is 633 g/mol. The Hall–Kier alpha value is -6.58. The van der Waals surface area contributed by atoms with Crippen LogP contribution in [-0.2, 0) is 0 Å². The van der Waals surface area contributed by atoms with Gasteiger partial charge in [0.15, 0.2) is 0 Å². The summed E-state index contributed by atoms with van der Waals surface area (Å²) in [7, 11) is 0. The van der Waals surface area contributed by atoms with Crippen molar-refractivity contribution in [2.24, 2.45) is 0 Å². The van der Waals surface area contributed by atoms with E-state index in [-0.39, 0.29) is 9.75 Å². The van der Waals surface area contributed by atoms with Gasteiger partial charge in [0.2, 0.25) is 0 Å². The molecule has 0 amide bonds. The molecule has 238 valence electrons. The summed E-state index contributed by atoms with van der Waals surface area (Å²) in [6, 6.07) is 54.1. The molecule has 8 nitrogen and oxygen atoms in total. The van der Waals surface area contributed by atoms with Gasteiger partial charge < -0.3 is 9.80 Å². The number of benzene rings is 6. The first kappa shape index (κ1) is 31.0. The highest BCUT2D eigenvalue weighted by atomic mass is 32.1. The van der Waals surface area contributed by atoms with Gasteiger partial charge in [0.1, 0.15) is 9.75 Å². The molecule has 0 radical (unpaired) electrons. The molecule has 7 aromatic rings. The van der Waals surface area contributed by atoms with E-state index in [1.54, 1.807) is 24.3 Å². The zero-order chi connectivity index (χ0) is 33.7. The second-order valence-electron chi connectivity index (χ2n) is 11.1. The van der Waals surface area contributed by atoms with Crippen LogP contribution in [0.25, 0.3) is 20.9 Å². The quantitative estimate of drug-likeness (QED) is 0.107. The molecule has 0 saturated heterocycles. The van der Waals surface area contributed by atoms with Crippen LogP contribution in [-0.4, -0.2) is 9.85 Å². The molecule has 0 aliphatic rings. The van der Waals surface area contributed by atoms with Crippen LogP contribution < -0.4 is 9.80 Å². The molecule has 0 saturated carbocycles. The van der Waals surface area contributed by atoms with E-state index in [0.29, 0.717) is 11.1 Å². The fourth-order valence-electron chi connectivity index (χ4n) is 5.87. The maximum Gasteiger partial charge on any atom is 0.365 e. The van der Waals surface area contributed by atoms with Gasteiger partial charge in [-0.1, -0.05) is 97.1 Å². The number of thiophene rings is 1. The highest BCUT2D eigenvalue weighted by molar-refractivity contribution is 7.20. The summed E-state index contributed by atoms with van der Waals surface area (Å²) in [5, 5.41) is 24.9. The second-order valence-corrected chi connectivity index (χ2v) is 12.1. The average molecular weight is 661 g/mol. The minimum absolute atomic E-state index is 0.225. The van der Waals surface area contributed by atoms with Crippen molar-refractivity contribution >= 4 is 56.8 Å². The van der Waals surface area contributed by atoms with Crippen LogP contribution in [0, 0.1) is 20.2 Å². The van der Waals surface area contributed by atoms with E-state index in [4.69, 9.17) is 0 Å². The van der Waals surface area contributed by atoms with Gasteiger partial charge in [0.05, 0.1) is 9.85 Å². The molecule has 0 atom stereocenters. The SMILES string of the molecule is O=[N+]([O-])c1c(-c2ccc(N(c3ccccc3)c3ccccc3)cc2)sc(-c2ccc(N(c3ccccc3)c3ccccc3)cc2)c1[N+](=O)[O-]. The van der Waals surface area contributed by atoms with Crippen molar-refractivity contribution in [2.75, 3.05) is 9.80 Å². The monoisotopic (exact) mass is 660 g/mol. The molecular formula is C40H28N4O4S. The maximum absolute atomic E-state index is 12.5. The van der Waals surface area contributed by atoms with Gasteiger partial charge in [-0.3, -0.25) is 20.2 Å². The number of nitro groups is 2. The normalized spacial score (nSPS) is 10.8. The summed E-state index contributed by atoms with van der Waals surface area (Å²) >= 11 is 1.05. The van der Waals surface area contributed by atoms with Crippen molar-refractivity contribution < 1.29 is 9.85 Å². The summed E-state index contributed by atoms with van der Waals surface area (Å²) < 4.78 is 0. The van der Waals surface area contributed by atoms with E-state index in [0.717, 1.165) is 45.5 Å². The van der Waals surface area contributed by atoms with E-state index in [1.165, 1.54) is 0 Å². The summed E-state index contributed by atoms with van der Waals surface area (Å²) in [5.41, 5.74) is 5.48. The van der Waals surface area contributed by atoms with Crippen LogP contribution in [0.1, 0.15) is 0 Å². The molecule has 0 fully saturated rings. The van der Waals surface area contributed by atoms with Gasteiger partial charge >= 0.3 is 11.4 Å². The molecule has 49 heavy (non-hydrogen) atoms. The molecule has 7 rings (SSSR count). The fraction of sp³-hybridized carbons (Fsp3) is 0. The van der Waals surface area contributed by atoms with Gasteiger partial charge in [-0.15, -0.1) is 11.3 Å². The smallest absolute Gasteiger partial charge is 0.311 e. The van der Waals surface area contributed by atoms with Gasteiger partial charge in [-0.2, -0.15) is 0 Å². The molecule has 9 heteroatoms. The Balaban J connectivity index is 1.29. The van der Waals surface area contributed by atoms with Crippen LogP contribution in [0.2, 0.25) is 0 Å². The van der Waals surface area contributed by atoms with Crippen molar-refractivity contribution in [3.8, 4) is 20.9 Å². The summed E-state index contributed by atoms with van der Waals surface area (Å²) in [5.74, 6) is 0. The summed E-state index contributed by atoms with van der Waals surface area (Å²) in [6.07, 6.45) is 0. The van der Waals surface area contributed by atoms with Gasteiger partial charge in [-0.05, 0) is 83.9 Å². The molecule has 0 spiro atoms. The Morgan fingerprint density at radius 3 is 0.857 bits per heavy atom. The highest BCUT2D eigenvalue weighted by Crippen LogP contribution is 2.52. The third kappa shape index (κ3) is 6.26. The molecule has 1 heterocycles. The first-order valence-corrected chi connectivity index (χ1v) is 16.3. The Morgan fingerprint density at radius 2 is 0.612 bits per heavy atom. The van der Waals surface area contributed by atoms with E-state index < -0.39 is 21.2 Å². The van der Waals surface area contributed by atoms with E-state index >= 15 is 0 Å². The third-order valence-electron chi connectivity index (χ3n) is 8.06. The lowest BCUT2D eigenvalue weighted by Gasteiger charge is -2.25. The zero-order valence-corrected chi connectivity index (χ0v) is 26.8. The number of anilines is 6. The summed E-state index contributed by atoms with van der Waals surface area (Å²) in [4.78, 5) is 28.2. The molecule has 6 aromatic carbocycles. The van der Waals surface area contributed by atoms with Gasteiger partial charge in [0.25, 0.3) is 0 Å². The first-order valence-electron chi connectivity index (χ1n) is 15.5. The van der Waals surface area contributed by atoms with Crippen LogP contribution in [0.4, 0.5) is 45.5 Å². The van der Waals surface area contributed by atoms with Gasteiger partial charge in [0, 0.05) is 34.1 Å². The Bertz CT molecular complexity index is 1970.